The second-order valence-electron chi connectivity index (χ2n) is 12.3. The van der Waals surface area contributed by atoms with Crippen LogP contribution in [0.25, 0.3) is 0 Å². The lowest BCUT2D eigenvalue weighted by Gasteiger charge is -2.24. The predicted octanol–water partition coefficient (Wildman–Crippen LogP) is 8.20. The van der Waals surface area contributed by atoms with Crippen LogP contribution in [0.1, 0.15) is 109 Å². The van der Waals surface area contributed by atoms with Gasteiger partial charge in [-0.3, -0.25) is 4.57 Å². The van der Waals surface area contributed by atoms with Crippen LogP contribution in [0.5, 0.6) is 5.75 Å². The molecule has 0 saturated heterocycles. The van der Waals surface area contributed by atoms with E-state index in [1.54, 1.807) is 6.92 Å². The predicted molar refractivity (Wildman–Crippen MR) is 164 cm³/mol. The third-order valence-electron chi connectivity index (χ3n) is 7.09. The van der Waals surface area contributed by atoms with E-state index in [1.807, 2.05) is 24.3 Å². The first-order valence-corrected chi connectivity index (χ1v) is 17.3. The maximum absolute atomic E-state index is 12.6. The Morgan fingerprint density at radius 3 is 2.03 bits per heavy atom. The lowest BCUT2D eigenvalue weighted by molar-refractivity contribution is -0.870. The van der Waals surface area contributed by atoms with E-state index >= 15 is 0 Å². The first-order chi connectivity index (χ1) is 18.5. The molecular weight excluding hydrogens is 509 g/mol. The SMILES string of the molecule is CCCCCCCCCCCCCCOc1ccccc1CC(COP(=O)(O)CCC[N+](C)(C)C)CC(C)=O. The maximum Gasteiger partial charge on any atom is 0.328 e. The molecule has 226 valence electrons. The van der Waals surface area contributed by atoms with E-state index in [4.69, 9.17) is 9.26 Å². The van der Waals surface area contributed by atoms with Crippen molar-refractivity contribution >= 4 is 13.4 Å². The maximum atomic E-state index is 12.6. The van der Waals surface area contributed by atoms with E-state index in [0.29, 0.717) is 25.9 Å². The third-order valence-corrected chi connectivity index (χ3v) is 8.53. The van der Waals surface area contributed by atoms with Crippen molar-refractivity contribution in [3.63, 3.8) is 0 Å². The molecule has 0 saturated carbocycles. The van der Waals surface area contributed by atoms with Crippen LogP contribution >= 0.6 is 7.60 Å². The van der Waals surface area contributed by atoms with E-state index < -0.39 is 7.60 Å². The van der Waals surface area contributed by atoms with Gasteiger partial charge in [0.05, 0.1) is 47.1 Å². The Labute approximate surface area is 240 Å². The number of benzene rings is 1. The van der Waals surface area contributed by atoms with Gasteiger partial charge in [0.15, 0.2) is 0 Å². The lowest BCUT2D eigenvalue weighted by atomic mass is 9.95. The van der Waals surface area contributed by atoms with E-state index in [9.17, 15) is 14.3 Å². The van der Waals surface area contributed by atoms with E-state index in [1.165, 1.54) is 70.6 Å². The molecule has 0 fully saturated rings. The summed E-state index contributed by atoms with van der Waals surface area (Å²) in [7, 11) is 2.49. The summed E-state index contributed by atoms with van der Waals surface area (Å²) in [6, 6.07) is 7.93. The fourth-order valence-electron chi connectivity index (χ4n) is 4.88. The molecule has 0 spiro atoms. The van der Waals surface area contributed by atoms with Gasteiger partial charge in [-0.25, -0.2) is 0 Å². The zero-order valence-corrected chi connectivity index (χ0v) is 26.7. The molecule has 0 aliphatic carbocycles. The van der Waals surface area contributed by atoms with Crippen LogP contribution in [0.3, 0.4) is 0 Å². The van der Waals surface area contributed by atoms with Gasteiger partial charge in [0, 0.05) is 12.8 Å². The van der Waals surface area contributed by atoms with Crippen LogP contribution < -0.4 is 4.74 Å². The summed E-state index contributed by atoms with van der Waals surface area (Å²) in [5.74, 6) is 0.721. The zero-order chi connectivity index (χ0) is 29.0. The fourth-order valence-corrected chi connectivity index (χ4v) is 5.99. The summed E-state index contributed by atoms with van der Waals surface area (Å²) in [4.78, 5) is 22.2. The lowest BCUT2D eigenvalue weighted by Crippen LogP contribution is -2.35. The summed E-state index contributed by atoms with van der Waals surface area (Å²) in [5, 5.41) is 0. The molecule has 0 radical (unpaired) electrons. The van der Waals surface area contributed by atoms with Gasteiger partial charge in [0.25, 0.3) is 0 Å². The smallest absolute Gasteiger partial charge is 0.328 e. The highest BCUT2D eigenvalue weighted by atomic mass is 31.2. The number of nitrogens with zero attached hydrogens (tertiary/aromatic N) is 1. The summed E-state index contributed by atoms with van der Waals surface area (Å²) in [6.07, 6.45) is 17.4. The first kappa shape index (κ1) is 35.8. The van der Waals surface area contributed by atoms with Crippen molar-refractivity contribution in [3.8, 4) is 5.75 Å². The van der Waals surface area contributed by atoms with Crippen molar-refractivity contribution in [2.75, 3.05) is 47.1 Å². The average Bonchev–Trinajstić information content (AvgIpc) is 2.85. The number of ether oxygens (including phenoxy) is 1. The van der Waals surface area contributed by atoms with Gasteiger partial charge in [0.1, 0.15) is 11.5 Å². The normalized spacial score (nSPS) is 14.2. The number of hydrogen-bond acceptors (Lipinski definition) is 4. The van der Waals surface area contributed by atoms with Gasteiger partial charge in [0.2, 0.25) is 0 Å². The minimum absolute atomic E-state index is 0.0521. The molecular formula is C32H59NO5P+. The van der Waals surface area contributed by atoms with Crippen molar-refractivity contribution in [2.24, 2.45) is 5.92 Å². The minimum Gasteiger partial charge on any atom is -0.493 e. The van der Waals surface area contributed by atoms with Crippen molar-refractivity contribution in [3.05, 3.63) is 29.8 Å². The largest absolute Gasteiger partial charge is 0.493 e. The Morgan fingerprint density at radius 1 is 0.897 bits per heavy atom. The summed E-state index contributed by atoms with van der Waals surface area (Å²) in [5.41, 5.74) is 1.02. The van der Waals surface area contributed by atoms with Crippen molar-refractivity contribution < 1.29 is 28.0 Å². The third kappa shape index (κ3) is 20.3. The molecule has 2 atom stereocenters. The number of carbonyl (C=O) groups is 1. The number of rotatable bonds is 25. The molecule has 0 aliphatic heterocycles. The molecule has 0 heterocycles. The second-order valence-corrected chi connectivity index (χ2v) is 14.3. The molecule has 2 unspecified atom stereocenters. The Kier molecular flexibility index (Phi) is 19.0. The Hall–Kier alpha value is -1.20. The Balaban J connectivity index is 2.41. The summed E-state index contributed by atoms with van der Waals surface area (Å²) in [6.45, 7) is 5.39. The standard InChI is InChI=1S/C32H58NO5P/c1-6-7-8-9-10-11-12-13-14-15-16-19-24-37-32-22-18-17-21-31(32)27-30(26-29(2)34)28-38-39(35,36)25-20-23-33(3,4)5/h17-18,21-22,30H,6-16,19-20,23-28H2,1-5H3/p+1. The molecule has 0 bridgehead atoms. The van der Waals surface area contributed by atoms with Crippen LogP contribution in [0.15, 0.2) is 24.3 Å². The van der Waals surface area contributed by atoms with Crippen molar-refractivity contribution in [1.29, 1.82) is 0 Å². The van der Waals surface area contributed by atoms with Crippen LogP contribution in [0.2, 0.25) is 0 Å². The molecule has 0 aromatic heterocycles. The van der Waals surface area contributed by atoms with Gasteiger partial charge >= 0.3 is 7.60 Å². The summed E-state index contributed by atoms with van der Waals surface area (Å²) >= 11 is 0. The molecule has 1 aromatic carbocycles. The monoisotopic (exact) mass is 568 g/mol. The van der Waals surface area contributed by atoms with Gasteiger partial charge in [-0.15, -0.1) is 0 Å². The van der Waals surface area contributed by atoms with Gasteiger partial charge in [-0.1, -0.05) is 95.8 Å². The number of quaternary nitrogens is 1. The van der Waals surface area contributed by atoms with Gasteiger partial charge in [-0.2, -0.15) is 0 Å². The molecule has 7 heteroatoms. The van der Waals surface area contributed by atoms with Crippen LogP contribution in [0.4, 0.5) is 0 Å². The minimum atomic E-state index is -3.69. The Morgan fingerprint density at radius 2 is 1.46 bits per heavy atom. The fraction of sp³-hybridized carbons (Fsp3) is 0.781. The average molecular weight is 569 g/mol. The zero-order valence-electron chi connectivity index (χ0n) is 25.8. The highest BCUT2D eigenvalue weighted by Gasteiger charge is 2.24. The quantitative estimate of drug-likeness (QED) is 0.0731. The summed E-state index contributed by atoms with van der Waals surface area (Å²) < 4.78 is 25.0. The highest BCUT2D eigenvalue weighted by Crippen LogP contribution is 2.43. The molecule has 1 N–H and O–H groups in total. The number of hydrogen-bond donors (Lipinski definition) is 1. The van der Waals surface area contributed by atoms with Crippen LogP contribution in [0, 0.1) is 5.92 Å². The number of Topliss-reactive ketones (excluding diaryl/α,β-unsaturated/α-hetero) is 1. The molecule has 6 nitrogen and oxygen atoms in total. The molecule has 1 aromatic rings. The molecule has 39 heavy (non-hydrogen) atoms. The Bertz CT molecular complexity index is 823. The number of carbonyl (C=O) groups excluding carboxylic acids is 1. The molecule has 0 amide bonds. The number of unbranched alkanes of at least 4 members (excludes halogenated alkanes) is 11. The van der Waals surface area contributed by atoms with Crippen LogP contribution in [-0.4, -0.2) is 62.2 Å². The van der Waals surface area contributed by atoms with Crippen LogP contribution in [-0.2, 0) is 20.3 Å². The van der Waals surface area contributed by atoms with E-state index in [-0.39, 0.29) is 24.5 Å². The highest BCUT2D eigenvalue weighted by molar-refractivity contribution is 7.52. The first-order valence-electron chi connectivity index (χ1n) is 15.5. The van der Waals surface area contributed by atoms with Crippen molar-refractivity contribution in [2.45, 2.75) is 110 Å². The van der Waals surface area contributed by atoms with Gasteiger partial charge < -0.3 is 23.4 Å². The topological polar surface area (TPSA) is 72.8 Å². The number of para-hydroxylation sites is 1. The second kappa shape index (κ2) is 20.6. The molecule has 0 aliphatic rings. The van der Waals surface area contributed by atoms with Crippen molar-refractivity contribution in [1.82, 2.24) is 0 Å². The van der Waals surface area contributed by atoms with E-state index in [0.717, 1.165) is 28.8 Å². The molecule has 1 rings (SSSR count). The van der Waals surface area contributed by atoms with Gasteiger partial charge in [-0.05, 0) is 37.3 Å². The van der Waals surface area contributed by atoms with E-state index in [2.05, 4.69) is 28.1 Å². The number of ketones is 1.